The third-order valence-corrected chi connectivity index (χ3v) is 2.25. The number of nitrogens with two attached hydrogens (primary N) is 1. The van der Waals surface area contributed by atoms with Crippen molar-refractivity contribution >= 4 is 17.4 Å². The van der Waals surface area contributed by atoms with Crippen LogP contribution in [0.5, 0.6) is 0 Å². The maximum absolute atomic E-state index is 5.89. The Labute approximate surface area is 86.9 Å². The number of nitrogens with zero attached hydrogens (tertiary/aromatic N) is 2. The molecule has 4 nitrogen and oxygen atoms in total. The zero-order valence-electron chi connectivity index (χ0n) is 7.70. The lowest BCUT2D eigenvalue weighted by atomic mass is 10.1. The Morgan fingerprint density at radius 2 is 2.36 bits per heavy atom. The molecule has 0 aliphatic carbocycles. The molecule has 2 N–H and O–H groups in total. The molecule has 0 unspecified atom stereocenters. The van der Waals surface area contributed by atoms with E-state index in [9.17, 15) is 0 Å². The predicted molar refractivity (Wildman–Crippen MR) is 54.7 cm³/mol. The molecule has 1 aromatic rings. The molecule has 1 aromatic carbocycles. The Balaban J connectivity index is 2.51. The number of benzene rings is 1. The maximum Gasteiger partial charge on any atom is 0.189 e. The number of hydrogen-bond donors (Lipinski definition) is 1. The standard InChI is InChI=1S/C9H10ClN3O/c1-13(11)9-8-4-7(10)3-2-6(8)5-14-12-9/h2-4H,5,11H2,1H3. The molecule has 74 valence electrons. The molecule has 14 heavy (non-hydrogen) atoms. The van der Waals surface area contributed by atoms with E-state index in [1.54, 1.807) is 7.05 Å². The van der Waals surface area contributed by atoms with Crippen molar-refractivity contribution in [3.8, 4) is 0 Å². The second kappa shape index (κ2) is 3.48. The van der Waals surface area contributed by atoms with Crippen LogP contribution in [0, 0.1) is 0 Å². The fraction of sp³-hybridized carbons (Fsp3) is 0.222. The third-order valence-electron chi connectivity index (χ3n) is 2.02. The van der Waals surface area contributed by atoms with Crippen molar-refractivity contribution in [1.29, 1.82) is 0 Å². The summed E-state index contributed by atoms with van der Waals surface area (Å²) >= 11 is 5.89. The predicted octanol–water partition coefficient (Wildman–Crippen LogP) is 1.34. The second-order valence-electron chi connectivity index (χ2n) is 3.10. The molecule has 0 aromatic heterocycles. The molecule has 0 amide bonds. The molecule has 1 aliphatic heterocycles. The second-order valence-corrected chi connectivity index (χ2v) is 3.54. The van der Waals surface area contributed by atoms with Gasteiger partial charge in [0.15, 0.2) is 5.84 Å². The van der Waals surface area contributed by atoms with E-state index < -0.39 is 0 Å². The Bertz CT molecular complexity index is 390. The molecule has 0 saturated heterocycles. The van der Waals surface area contributed by atoms with E-state index in [1.807, 2.05) is 18.2 Å². The lowest BCUT2D eigenvalue weighted by Crippen LogP contribution is -2.36. The van der Waals surface area contributed by atoms with Crippen molar-refractivity contribution in [3.63, 3.8) is 0 Å². The van der Waals surface area contributed by atoms with Crippen LogP contribution in [0.4, 0.5) is 0 Å². The highest BCUT2D eigenvalue weighted by molar-refractivity contribution is 6.31. The third kappa shape index (κ3) is 1.54. The van der Waals surface area contributed by atoms with Crippen molar-refractivity contribution in [2.24, 2.45) is 11.0 Å². The molecule has 1 heterocycles. The van der Waals surface area contributed by atoms with Gasteiger partial charge in [-0.1, -0.05) is 22.8 Å². The highest BCUT2D eigenvalue weighted by Crippen LogP contribution is 2.21. The Hall–Kier alpha value is -1.26. The van der Waals surface area contributed by atoms with Gasteiger partial charge in [0.2, 0.25) is 0 Å². The summed E-state index contributed by atoms with van der Waals surface area (Å²) in [5.41, 5.74) is 1.96. The smallest absolute Gasteiger partial charge is 0.189 e. The van der Waals surface area contributed by atoms with Crippen LogP contribution >= 0.6 is 11.6 Å². The summed E-state index contributed by atoms with van der Waals surface area (Å²) in [6, 6.07) is 5.57. The van der Waals surface area contributed by atoms with Crippen LogP contribution in [0.15, 0.2) is 23.4 Å². The molecule has 0 fully saturated rings. The lowest BCUT2D eigenvalue weighted by molar-refractivity contribution is 0.121. The van der Waals surface area contributed by atoms with Crippen LogP contribution in [0.2, 0.25) is 5.02 Å². The van der Waals surface area contributed by atoms with E-state index in [0.29, 0.717) is 17.5 Å². The Morgan fingerprint density at radius 3 is 3.07 bits per heavy atom. The Morgan fingerprint density at radius 1 is 1.57 bits per heavy atom. The van der Waals surface area contributed by atoms with Gasteiger partial charge in [-0.05, 0) is 12.1 Å². The van der Waals surface area contributed by atoms with Crippen molar-refractivity contribution in [2.75, 3.05) is 7.05 Å². The van der Waals surface area contributed by atoms with E-state index in [-0.39, 0.29) is 0 Å². The molecule has 0 spiro atoms. The van der Waals surface area contributed by atoms with E-state index in [1.165, 1.54) is 5.01 Å². The van der Waals surface area contributed by atoms with Crippen LogP contribution in [0.1, 0.15) is 11.1 Å². The summed E-state index contributed by atoms with van der Waals surface area (Å²) in [5, 5.41) is 5.95. The minimum atomic E-state index is 0.462. The highest BCUT2D eigenvalue weighted by Gasteiger charge is 2.17. The Kier molecular flexibility index (Phi) is 2.31. The number of halogens is 1. The number of amidine groups is 1. The first-order valence-corrected chi connectivity index (χ1v) is 4.53. The van der Waals surface area contributed by atoms with Gasteiger partial charge in [0.1, 0.15) is 6.61 Å². The first kappa shape index (κ1) is 9.30. The van der Waals surface area contributed by atoms with Crippen molar-refractivity contribution in [1.82, 2.24) is 5.01 Å². The van der Waals surface area contributed by atoms with Gasteiger partial charge in [-0.15, -0.1) is 0 Å². The van der Waals surface area contributed by atoms with Crippen LogP contribution in [-0.4, -0.2) is 17.9 Å². The molecule has 0 atom stereocenters. The van der Waals surface area contributed by atoms with Gasteiger partial charge in [0.05, 0.1) is 0 Å². The summed E-state index contributed by atoms with van der Waals surface area (Å²) in [6.45, 7) is 0.462. The summed E-state index contributed by atoms with van der Waals surface area (Å²) < 4.78 is 0. The lowest BCUT2D eigenvalue weighted by Gasteiger charge is -2.21. The maximum atomic E-state index is 5.89. The van der Waals surface area contributed by atoms with Gasteiger partial charge in [0.25, 0.3) is 0 Å². The first-order chi connectivity index (χ1) is 6.68. The van der Waals surface area contributed by atoms with E-state index >= 15 is 0 Å². The fourth-order valence-electron chi connectivity index (χ4n) is 1.35. The van der Waals surface area contributed by atoms with E-state index in [0.717, 1.165) is 11.1 Å². The number of hydrogen-bond acceptors (Lipinski definition) is 4. The number of hydrazine groups is 1. The van der Waals surface area contributed by atoms with Crippen LogP contribution in [0.3, 0.4) is 0 Å². The fourth-order valence-corrected chi connectivity index (χ4v) is 1.52. The van der Waals surface area contributed by atoms with Crippen LogP contribution in [-0.2, 0) is 11.4 Å². The summed E-state index contributed by atoms with van der Waals surface area (Å²) in [7, 11) is 1.71. The van der Waals surface area contributed by atoms with E-state index in [2.05, 4.69) is 5.16 Å². The summed E-state index contributed by atoms with van der Waals surface area (Å²) in [4.78, 5) is 5.03. The SMILES string of the molecule is CN(N)C1=NOCc2ccc(Cl)cc21. The normalized spacial score (nSPS) is 14.1. The summed E-state index contributed by atoms with van der Waals surface area (Å²) in [5.74, 6) is 6.20. The van der Waals surface area contributed by atoms with Crippen molar-refractivity contribution < 1.29 is 4.84 Å². The van der Waals surface area contributed by atoms with Gasteiger partial charge in [0, 0.05) is 23.2 Å². The molecular formula is C9H10ClN3O. The average molecular weight is 212 g/mol. The van der Waals surface area contributed by atoms with Crippen molar-refractivity contribution in [2.45, 2.75) is 6.61 Å². The molecule has 2 rings (SSSR count). The van der Waals surface area contributed by atoms with Gasteiger partial charge in [-0.2, -0.15) is 0 Å². The number of rotatable bonds is 0. The molecule has 0 radical (unpaired) electrons. The number of fused-ring (bicyclic) bond motifs is 1. The molecule has 5 heteroatoms. The van der Waals surface area contributed by atoms with Crippen molar-refractivity contribution in [3.05, 3.63) is 34.3 Å². The quantitative estimate of drug-likeness (QED) is 0.521. The molecular weight excluding hydrogens is 202 g/mol. The first-order valence-electron chi connectivity index (χ1n) is 4.15. The van der Waals surface area contributed by atoms with E-state index in [4.69, 9.17) is 22.3 Å². The average Bonchev–Trinajstić information content (AvgIpc) is 2.16. The summed E-state index contributed by atoms with van der Waals surface area (Å²) in [6.07, 6.45) is 0. The van der Waals surface area contributed by atoms with Crippen LogP contribution < -0.4 is 5.84 Å². The zero-order valence-corrected chi connectivity index (χ0v) is 8.45. The topological polar surface area (TPSA) is 50.8 Å². The molecule has 0 saturated carbocycles. The van der Waals surface area contributed by atoms with Gasteiger partial charge in [-0.25, -0.2) is 5.84 Å². The minimum absolute atomic E-state index is 0.462. The zero-order chi connectivity index (χ0) is 10.1. The number of oxime groups is 1. The molecule has 0 bridgehead atoms. The largest absolute Gasteiger partial charge is 0.389 e. The monoisotopic (exact) mass is 211 g/mol. The molecule has 1 aliphatic rings. The van der Waals surface area contributed by atoms with Gasteiger partial charge < -0.3 is 4.84 Å². The van der Waals surface area contributed by atoms with Gasteiger partial charge >= 0.3 is 0 Å². The highest BCUT2D eigenvalue weighted by atomic mass is 35.5. The van der Waals surface area contributed by atoms with Crippen LogP contribution in [0.25, 0.3) is 0 Å². The minimum Gasteiger partial charge on any atom is -0.389 e. The van der Waals surface area contributed by atoms with Gasteiger partial charge in [-0.3, -0.25) is 5.01 Å².